The van der Waals surface area contributed by atoms with Gasteiger partial charge in [-0.05, 0) is 71.6 Å². The van der Waals surface area contributed by atoms with E-state index >= 15 is 4.79 Å². The molecule has 0 aromatic heterocycles. The number of nitrogens with two attached hydrogens (primary N) is 1. The van der Waals surface area contributed by atoms with Crippen molar-refractivity contribution in [2.45, 2.75) is 56.9 Å². The topological polar surface area (TPSA) is 162 Å². The number of nitrogens with one attached hydrogen (secondary N) is 2. The van der Waals surface area contributed by atoms with Gasteiger partial charge in [-0.2, -0.15) is 0 Å². The smallest absolute Gasteiger partial charge is 0.437 e. The highest BCUT2D eigenvalue weighted by molar-refractivity contribution is 5.98. The summed E-state index contributed by atoms with van der Waals surface area (Å²) in [5.41, 5.74) is 10.2. The number of methoxy groups -OCH3 is 1. The SMILES string of the molecule is COc1ccc([C@@H](C2CC2)N(C(=O)C(c2ccccc2)c2ccccc2)[C@H](CCCNC(=NC(=O)OCc2ccccc2)NC(=O)OCc2ccccc2)C(N)=O)cc1. The van der Waals surface area contributed by atoms with Crippen LogP contribution in [0.3, 0.4) is 0 Å². The summed E-state index contributed by atoms with van der Waals surface area (Å²) in [7, 11) is 1.59. The van der Waals surface area contributed by atoms with Crippen LogP contribution in [0.4, 0.5) is 9.59 Å². The Bertz CT molecular complexity index is 2110. The molecule has 0 saturated heterocycles. The number of nitrogens with zero attached hydrogens (tertiary/aromatic N) is 2. The number of benzene rings is 5. The molecular weight excluding hydrogens is 747 g/mol. The van der Waals surface area contributed by atoms with Crippen molar-refractivity contribution >= 4 is 30.0 Å². The van der Waals surface area contributed by atoms with Gasteiger partial charge in [0, 0.05) is 6.54 Å². The first-order valence-electron chi connectivity index (χ1n) is 19.7. The molecule has 1 aliphatic carbocycles. The summed E-state index contributed by atoms with van der Waals surface area (Å²) < 4.78 is 16.2. The van der Waals surface area contributed by atoms with E-state index in [0.29, 0.717) is 5.75 Å². The second-order valence-corrected chi connectivity index (χ2v) is 14.2. The Balaban J connectivity index is 1.24. The zero-order valence-electron chi connectivity index (χ0n) is 32.9. The lowest BCUT2D eigenvalue weighted by Gasteiger charge is -2.40. The largest absolute Gasteiger partial charge is 0.497 e. The van der Waals surface area contributed by atoms with E-state index < -0.39 is 36.1 Å². The quantitative estimate of drug-likeness (QED) is 0.0492. The lowest BCUT2D eigenvalue weighted by molar-refractivity contribution is -0.144. The second kappa shape index (κ2) is 21.0. The molecule has 12 nitrogen and oxygen atoms in total. The van der Waals surface area contributed by atoms with Crippen molar-refractivity contribution < 1.29 is 33.4 Å². The van der Waals surface area contributed by atoms with Gasteiger partial charge < -0.3 is 30.2 Å². The minimum Gasteiger partial charge on any atom is -0.497 e. The number of alkyl carbamates (subject to hydrolysis) is 1. The van der Waals surface area contributed by atoms with Crippen molar-refractivity contribution in [2.75, 3.05) is 13.7 Å². The Hall–Kier alpha value is -6.95. The average Bonchev–Trinajstić information content (AvgIpc) is 4.11. The maximum Gasteiger partial charge on any atom is 0.437 e. The van der Waals surface area contributed by atoms with Crippen LogP contribution in [0, 0.1) is 5.92 Å². The van der Waals surface area contributed by atoms with Crippen LogP contribution in [0.5, 0.6) is 5.75 Å². The van der Waals surface area contributed by atoms with Gasteiger partial charge in [0.2, 0.25) is 17.8 Å². The Morgan fingerprint density at radius 1 is 0.712 bits per heavy atom. The minimum atomic E-state index is -1.02. The van der Waals surface area contributed by atoms with E-state index in [0.717, 1.165) is 40.7 Å². The summed E-state index contributed by atoms with van der Waals surface area (Å²) >= 11 is 0. The zero-order valence-corrected chi connectivity index (χ0v) is 32.9. The molecule has 2 atom stereocenters. The van der Waals surface area contributed by atoms with Crippen LogP contribution >= 0.6 is 0 Å². The maximum atomic E-state index is 15.3. The molecule has 4 amide bonds. The number of primary amides is 1. The summed E-state index contributed by atoms with van der Waals surface area (Å²) in [6, 6.07) is 43.4. The second-order valence-electron chi connectivity index (χ2n) is 14.2. The van der Waals surface area contributed by atoms with Gasteiger partial charge in [0.15, 0.2) is 0 Å². The van der Waals surface area contributed by atoms with Crippen LogP contribution in [-0.4, -0.2) is 54.6 Å². The third kappa shape index (κ3) is 12.0. The predicted molar refractivity (Wildman–Crippen MR) is 224 cm³/mol. The van der Waals surface area contributed by atoms with Crippen molar-refractivity contribution in [2.24, 2.45) is 16.6 Å². The van der Waals surface area contributed by atoms with E-state index in [-0.39, 0.29) is 50.4 Å². The first-order chi connectivity index (χ1) is 28.8. The number of guanidine groups is 1. The molecule has 6 rings (SSSR count). The highest BCUT2D eigenvalue weighted by Gasteiger charge is 2.45. The number of hydrogen-bond acceptors (Lipinski definition) is 7. The first-order valence-corrected chi connectivity index (χ1v) is 19.7. The molecule has 1 saturated carbocycles. The van der Waals surface area contributed by atoms with Crippen LogP contribution in [0.15, 0.2) is 151 Å². The Morgan fingerprint density at radius 3 is 1.75 bits per heavy atom. The molecule has 0 unspecified atom stereocenters. The summed E-state index contributed by atoms with van der Waals surface area (Å²) in [5, 5.41) is 5.49. The monoisotopic (exact) mass is 795 g/mol. The van der Waals surface area contributed by atoms with Gasteiger partial charge >= 0.3 is 12.2 Å². The van der Waals surface area contributed by atoms with Crippen molar-refractivity contribution in [3.05, 3.63) is 173 Å². The molecule has 12 heteroatoms. The van der Waals surface area contributed by atoms with E-state index in [9.17, 15) is 14.4 Å². The van der Waals surface area contributed by atoms with E-state index in [2.05, 4.69) is 15.6 Å². The number of aliphatic imine (C=N–C) groups is 1. The lowest BCUT2D eigenvalue weighted by Crippen LogP contribution is -2.52. The minimum absolute atomic E-state index is 0.00806. The number of hydrogen-bond donors (Lipinski definition) is 3. The number of carbonyl (C=O) groups excluding carboxylic acids is 4. The molecule has 0 heterocycles. The molecule has 0 aliphatic heterocycles. The molecule has 1 fully saturated rings. The average molecular weight is 796 g/mol. The molecule has 0 radical (unpaired) electrons. The highest BCUT2D eigenvalue weighted by Crippen LogP contribution is 2.47. The fourth-order valence-corrected chi connectivity index (χ4v) is 7.01. The standard InChI is InChI=1S/C47H49N5O7/c1-57-39-28-26-38(27-29-39)42(37-24-25-37)52(44(54)41(35-19-10-4-11-20-35)36-21-12-5-13-22-36)40(43(48)53)23-14-30-49-45(50-46(55)58-31-33-15-6-2-7-16-33)51-47(56)59-32-34-17-8-3-9-18-34/h2-13,15-22,26-29,37,40-42H,14,23-25,30-32H2,1H3,(H2,48,53)(H2,49,50,51,55,56)/t40-,42-/m1/s1. The molecule has 0 spiro atoms. The van der Waals surface area contributed by atoms with E-state index in [1.165, 1.54) is 0 Å². The number of ether oxygens (including phenoxy) is 3. The fourth-order valence-electron chi connectivity index (χ4n) is 7.01. The Labute approximate surface area is 344 Å². The van der Waals surface area contributed by atoms with Gasteiger partial charge in [0.25, 0.3) is 0 Å². The Kier molecular flexibility index (Phi) is 14.8. The maximum absolute atomic E-state index is 15.3. The predicted octanol–water partition coefficient (Wildman–Crippen LogP) is 7.65. The highest BCUT2D eigenvalue weighted by atomic mass is 16.6. The molecule has 59 heavy (non-hydrogen) atoms. The Morgan fingerprint density at radius 2 is 1.24 bits per heavy atom. The molecular formula is C47H49N5O7. The van der Waals surface area contributed by atoms with Crippen molar-refractivity contribution in [3.63, 3.8) is 0 Å². The molecule has 0 bridgehead atoms. The fraction of sp³-hybridized carbons (Fsp3) is 0.255. The summed E-state index contributed by atoms with van der Waals surface area (Å²) in [4.78, 5) is 60.4. The lowest BCUT2D eigenvalue weighted by atomic mass is 9.87. The summed E-state index contributed by atoms with van der Waals surface area (Å²) in [5.74, 6) is -1.05. The van der Waals surface area contributed by atoms with Crippen LogP contribution in [0.1, 0.15) is 65.5 Å². The molecule has 4 N–H and O–H groups in total. The molecule has 304 valence electrons. The van der Waals surface area contributed by atoms with Crippen molar-refractivity contribution in [1.29, 1.82) is 0 Å². The third-order valence-electron chi connectivity index (χ3n) is 10.0. The van der Waals surface area contributed by atoms with E-state index in [1.807, 2.05) is 146 Å². The molecule has 5 aromatic rings. The summed E-state index contributed by atoms with van der Waals surface area (Å²) in [6.45, 7) is 0.0985. The van der Waals surface area contributed by atoms with Gasteiger partial charge in [-0.1, -0.05) is 133 Å². The zero-order chi connectivity index (χ0) is 41.4. The normalized spacial score (nSPS) is 13.4. The summed E-state index contributed by atoms with van der Waals surface area (Å²) in [6.07, 6.45) is 0.418. The van der Waals surface area contributed by atoms with Crippen LogP contribution < -0.4 is 21.1 Å². The van der Waals surface area contributed by atoms with Gasteiger partial charge in [-0.3, -0.25) is 14.9 Å². The van der Waals surface area contributed by atoms with E-state index in [1.54, 1.807) is 12.0 Å². The van der Waals surface area contributed by atoms with Crippen molar-refractivity contribution in [3.8, 4) is 5.75 Å². The third-order valence-corrected chi connectivity index (χ3v) is 10.0. The van der Waals surface area contributed by atoms with Gasteiger partial charge in [-0.25, -0.2) is 9.59 Å². The van der Waals surface area contributed by atoms with Gasteiger partial charge in [0.05, 0.1) is 19.1 Å². The number of carbonyl (C=O) groups is 4. The van der Waals surface area contributed by atoms with Crippen LogP contribution in [0.2, 0.25) is 0 Å². The number of rotatable bonds is 17. The number of amides is 4. The molecule has 5 aromatic carbocycles. The van der Waals surface area contributed by atoms with Crippen molar-refractivity contribution in [1.82, 2.24) is 15.5 Å². The van der Waals surface area contributed by atoms with E-state index in [4.69, 9.17) is 19.9 Å². The molecule has 1 aliphatic rings. The first kappa shape index (κ1) is 41.7. The van der Waals surface area contributed by atoms with Crippen LogP contribution in [0.25, 0.3) is 0 Å². The van der Waals surface area contributed by atoms with Crippen LogP contribution in [-0.2, 0) is 32.3 Å². The van der Waals surface area contributed by atoms with Gasteiger partial charge in [0.1, 0.15) is 25.0 Å². The van der Waals surface area contributed by atoms with Gasteiger partial charge in [-0.15, -0.1) is 4.99 Å².